The maximum absolute atomic E-state index is 13.9. The second-order valence-corrected chi connectivity index (χ2v) is 10.4. The molecular formula is C33H40N2O3. The van der Waals surface area contributed by atoms with Crippen LogP contribution in [0.5, 0.6) is 5.75 Å². The minimum Gasteiger partial charge on any atom is -0.497 e. The van der Waals surface area contributed by atoms with E-state index in [0.29, 0.717) is 25.8 Å². The van der Waals surface area contributed by atoms with Gasteiger partial charge in [0.1, 0.15) is 11.8 Å². The molecule has 0 aromatic heterocycles. The van der Waals surface area contributed by atoms with Crippen LogP contribution >= 0.6 is 0 Å². The van der Waals surface area contributed by atoms with E-state index in [4.69, 9.17) is 4.74 Å². The van der Waals surface area contributed by atoms with E-state index < -0.39 is 6.04 Å². The Bertz CT molecular complexity index is 1170. The summed E-state index contributed by atoms with van der Waals surface area (Å²) in [5.41, 5.74) is 4.30. The predicted octanol–water partition coefficient (Wildman–Crippen LogP) is 6.03. The summed E-state index contributed by atoms with van der Waals surface area (Å²) in [6.45, 7) is 2.41. The average molecular weight is 513 g/mol. The van der Waals surface area contributed by atoms with Crippen molar-refractivity contribution in [2.75, 3.05) is 7.11 Å². The lowest BCUT2D eigenvalue weighted by Crippen LogP contribution is -2.52. The van der Waals surface area contributed by atoms with E-state index in [1.165, 1.54) is 12.0 Å². The van der Waals surface area contributed by atoms with Crippen LogP contribution in [-0.4, -0.2) is 35.9 Å². The number of benzene rings is 3. The number of ether oxygens (including phenoxy) is 1. The zero-order chi connectivity index (χ0) is 26.7. The lowest BCUT2D eigenvalue weighted by molar-refractivity contribution is -0.141. The third-order valence-corrected chi connectivity index (χ3v) is 7.46. The molecular weight excluding hydrogens is 472 g/mol. The van der Waals surface area contributed by atoms with Gasteiger partial charge in [-0.3, -0.25) is 9.59 Å². The first-order valence-electron chi connectivity index (χ1n) is 13.8. The summed E-state index contributed by atoms with van der Waals surface area (Å²) >= 11 is 0. The molecule has 0 heterocycles. The van der Waals surface area contributed by atoms with Crippen molar-refractivity contribution < 1.29 is 14.3 Å². The first-order chi connectivity index (χ1) is 18.5. The van der Waals surface area contributed by atoms with Gasteiger partial charge < -0.3 is 15.0 Å². The highest BCUT2D eigenvalue weighted by atomic mass is 16.5. The van der Waals surface area contributed by atoms with Crippen LogP contribution in [0.25, 0.3) is 0 Å². The van der Waals surface area contributed by atoms with Gasteiger partial charge in [0.05, 0.1) is 7.11 Å². The lowest BCUT2D eigenvalue weighted by Gasteiger charge is -2.33. The molecule has 0 saturated heterocycles. The summed E-state index contributed by atoms with van der Waals surface area (Å²) < 4.78 is 5.43. The van der Waals surface area contributed by atoms with Crippen molar-refractivity contribution in [1.82, 2.24) is 10.2 Å². The van der Waals surface area contributed by atoms with Gasteiger partial charge in [0, 0.05) is 25.4 Å². The zero-order valence-corrected chi connectivity index (χ0v) is 22.7. The highest BCUT2D eigenvalue weighted by Crippen LogP contribution is 2.22. The van der Waals surface area contributed by atoms with Crippen molar-refractivity contribution >= 4 is 11.8 Å². The Morgan fingerprint density at radius 3 is 2.32 bits per heavy atom. The van der Waals surface area contributed by atoms with E-state index in [9.17, 15) is 9.59 Å². The smallest absolute Gasteiger partial charge is 0.243 e. The minimum atomic E-state index is -0.601. The van der Waals surface area contributed by atoms with E-state index in [2.05, 4.69) is 36.5 Å². The molecule has 2 amide bonds. The second kappa shape index (κ2) is 13.8. The number of nitrogens with one attached hydrogen (secondary N) is 1. The van der Waals surface area contributed by atoms with Crippen LogP contribution in [0.2, 0.25) is 0 Å². The minimum absolute atomic E-state index is 0.0203. The lowest BCUT2D eigenvalue weighted by atomic mass is 9.94. The molecule has 1 aliphatic rings. The van der Waals surface area contributed by atoms with E-state index >= 15 is 0 Å². The van der Waals surface area contributed by atoms with E-state index in [-0.39, 0.29) is 17.9 Å². The maximum atomic E-state index is 13.9. The first kappa shape index (κ1) is 27.4. The number of methoxy groups -OCH3 is 1. The highest BCUT2D eigenvalue weighted by molar-refractivity contribution is 5.88. The quantitative estimate of drug-likeness (QED) is 0.342. The van der Waals surface area contributed by atoms with Crippen molar-refractivity contribution in [3.05, 3.63) is 101 Å². The SMILES string of the molecule is COc1cccc(CN(C(=O)CCc2ccc(C)cc2)C(Cc2ccccc2)C(=O)NC2CCCCC2)c1. The van der Waals surface area contributed by atoms with Crippen LogP contribution in [0.15, 0.2) is 78.9 Å². The molecule has 200 valence electrons. The van der Waals surface area contributed by atoms with Crippen molar-refractivity contribution in [3.8, 4) is 5.75 Å². The number of hydrogen-bond donors (Lipinski definition) is 1. The fourth-order valence-electron chi connectivity index (χ4n) is 5.22. The Morgan fingerprint density at radius 2 is 1.61 bits per heavy atom. The fraction of sp³-hybridized carbons (Fsp3) is 0.394. The van der Waals surface area contributed by atoms with Gasteiger partial charge >= 0.3 is 0 Å². The normalized spacial score (nSPS) is 14.5. The van der Waals surface area contributed by atoms with Gasteiger partial charge in [0.25, 0.3) is 0 Å². The molecule has 0 aliphatic heterocycles. The van der Waals surface area contributed by atoms with Crippen LogP contribution in [0.4, 0.5) is 0 Å². The van der Waals surface area contributed by atoms with E-state index in [1.807, 2.05) is 54.6 Å². The van der Waals surface area contributed by atoms with Crippen LogP contribution in [0, 0.1) is 6.92 Å². The first-order valence-corrected chi connectivity index (χ1v) is 13.8. The predicted molar refractivity (Wildman–Crippen MR) is 152 cm³/mol. The van der Waals surface area contributed by atoms with Crippen LogP contribution in [0.1, 0.15) is 60.8 Å². The Labute approximate surface area is 227 Å². The zero-order valence-electron chi connectivity index (χ0n) is 22.7. The number of carbonyl (C=O) groups is 2. The number of rotatable bonds is 11. The molecule has 4 rings (SSSR count). The summed E-state index contributed by atoms with van der Waals surface area (Å²) in [5, 5.41) is 3.31. The highest BCUT2D eigenvalue weighted by Gasteiger charge is 2.31. The molecule has 3 aromatic rings. The molecule has 1 aliphatic carbocycles. The number of carbonyl (C=O) groups excluding carboxylic acids is 2. The van der Waals surface area contributed by atoms with Gasteiger partial charge in [-0.05, 0) is 55.0 Å². The van der Waals surface area contributed by atoms with Gasteiger partial charge in [-0.15, -0.1) is 0 Å². The Balaban J connectivity index is 1.61. The molecule has 0 bridgehead atoms. The van der Waals surface area contributed by atoms with Crippen molar-refractivity contribution in [2.24, 2.45) is 0 Å². The molecule has 1 N–H and O–H groups in total. The fourth-order valence-corrected chi connectivity index (χ4v) is 5.22. The Morgan fingerprint density at radius 1 is 0.895 bits per heavy atom. The number of aryl methyl sites for hydroxylation is 2. The summed E-state index contributed by atoms with van der Waals surface area (Å²) in [5.74, 6) is 0.654. The molecule has 1 unspecified atom stereocenters. The van der Waals surface area contributed by atoms with Crippen LogP contribution in [-0.2, 0) is 29.0 Å². The second-order valence-electron chi connectivity index (χ2n) is 10.4. The molecule has 38 heavy (non-hydrogen) atoms. The Hall–Kier alpha value is -3.60. The van der Waals surface area contributed by atoms with Crippen molar-refractivity contribution in [1.29, 1.82) is 0 Å². The molecule has 3 aromatic carbocycles. The van der Waals surface area contributed by atoms with E-state index in [1.54, 1.807) is 12.0 Å². The topological polar surface area (TPSA) is 58.6 Å². The number of amides is 2. The molecule has 1 saturated carbocycles. The third-order valence-electron chi connectivity index (χ3n) is 7.46. The Kier molecular flexibility index (Phi) is 9.97. The van der Waals surface area contributed by atoms with Gasteiger partial charge in [-0.1, -0.05) is 91.6 Å². The number of nitrogens with zero attached hydrogens (tertiary/aromatic N) is 1. The van der Waals surface area contributed by atoms with E-state index in [0.717, 1.165) is 48.1 Å². The molecule has 1 atom stereocenters. The molecule has 5 heteroatoms. The van der Waals surface area contributed by atoms with Gasteiger partial charge in [-0.2, -0.15) is 0 Å². The summed E-state index contributed by atoms with van der Waals surface area (Å²) in [7, 11) is 1.64. The van der Waals surface area contributed by atoms with Gasteiger partial charge in [0.15, 0.2) is 0 Å². The third kappa shape index (κ3) is 7.95. The summed E-state index contributed by atoms with van der Waals surface area (Å²) in [6.07, 6.45) is 6.95. The number of hydrogen-bond acceptors (Lipinski definition) is 3. The summed E-state index contributed by atoms with van der Waals surface area (Å²) in [4.78, 5) is 29.5. The largest absolute Gasteiger partial charge is 0.497 e. The maximum Gasteiger partial charge on any atom is 0.243 e. The van der Waals surface area contributed by atoms with Crippen LogP contribution < -0.4 is 10.1 Å². The van der Waals surface area contributed by atoms with Crippen molar-refractivity contribution in [3.63, 3.8) is 0 Å². The molecule has 0 spiro atoms. The molecule has 5 nitrogen and oxygen atoms in total. The molecule has 0 radical (unpaired) electrons. The van der Waals surface area contributed by atoms with Gasteiger partial charge in [-0.25, -0.2) is 0 Å². The van der Waals surface area contributed by atoms with Gasteiger partial charge in [0.2, 0.25) is 11.8 Å². The van der Waals surface area contributed by atoms with Crippen molar-refractivity contribution in [2.45, 2.75) is 76.9 Å². The standard InChI is InChI=1S/C33H40N2O3/c1-25-16-18-26(19-17-25)20-21-32(36)35(24-28-12-9-15-30(22-28)38-2)31(23-27-10-5-3-6-11-27)33(37)34-29-13-7-4-8-14-29/h3,5-6,9-12,15-19,22,29,31H,4,7-8,13-14,20-21,23-24H2,1-2H3,(H,34,37). The van der Waals surface area contributed by atoms with Crippen LogP contribution in [0.3, 0.4) is 0 Å². The summed E-state index contributed by atoms with van der Waals surface area (Å²) in [6, 6.07) is 25.6. The molecule has 1 fully saturated rings. The average Bonchev–Trinajstić information content (AvgIpc) is 2.95. The monoisotopic (exact) mass is 512 g/mol.